The van der Waals surface area contributed by atoms with Gasteiger partial charge >= 0.3 is 5.97 Å². The molecule has 0 aliphatic carbocycles. The van der Waals surface area contributed by atoms with Gasteiger partial charge in [0.25, 0.3) is 5.91 Å². The average Bonchev–Trinajstić information content (AvgIpc) is 2.63. The van der Waals surface area contributed by atoms with E-state index in [0.29, 0.717) is 10.7 Å². The van der Waals surface area contributed by atoms with Gasteiger partial charge < -0.3 is 10.1 Å². The molecule has 2 N–H and O–H groups in total. The Kier molecular flexibility index (Phi) is 7.56. The van der Waals surface area contributed by atoms with Crippen LogP contribution in [-0.2, 0) is 24.3 Å². The van der Waals surface area contributed by atoms with Crippen LogP contribution in [0.25, 0.3) is 0 Å². The van der Waals surface area contributed by atoms with E-state index in [0.717, 1.165) is 5.56 Å². The van der Waals surface area contributed by atoms with Gasteiger partial charge in [-0.1, -0.05) is 29.3 Å². The van der Waals surface area contributed by atoms with Gasteiger partial charge in [-0.25, -0.2) is 13.1 Å². The first-order valence-electron chi connectivity index (χ1n) is 8.49. The van der Waals surface area contributed by atoms with Crippen LogP contribution in [0, 0.1) is 6.92 Å². The molecule has 1 amide bonds. The second-order valence-corrected chi connectivity index (χ2v) is 8.29. The molecule has 2 aromatic carbocycles. The highest BCUT2D eigenvalue weighted by Crippen LogP contribution is 2.14. The minimum absolute atomic E-state index is 0.113. The van der Waals surface area contributed by atoms with Gasteiger partial charge in [-0.2, -0.15) is 0 Å². The Bertz CT molecular complexity index is 928. The first-order chi connectivity index (χ1) is 13.2. The number of benzene rings is 2. The van der Waals surface area contributed by atoms with E-state index in [2.05, 4.69) is 10.0 Å². The summed E-state index contributed by atoms with van der Waals surface area (Å²) < 4.78 is 31.7. The molecular weight excluding hydrogens is 404 g/mol. The SMILES string of the molecule is Cc1ccc(S(=O)(=O)NCCC(=O)OC(C)C(=O)Nc2ccc(Cl)cc2)cc1. The molecule has 0 aliphatic heterocycles. The number of anilines is 1. The van der Waals surface area contributed by atoms with Crippen molar-refractivity contribution in [1.29, 1.82) is 0 Å². The molecule has 1 unspecified atom stereocenters. The van der Waals surface area contributed by atoms with Crippen LogP contribution in [0.3, 0.4) is 0 Å². The van der Waals surface area contributed by atoms with Crippen molar-refractivity contribution < 1.29 is 22.7 Å². The van der Waals surface area contributed by atoms with E-state index in [-0.39, 0.29) is 17.9 Å². The number of hydrogen-bond acceptors (Lipinski definition) is 5. The largest absolute Gasteiger partial charge is 0.452 e. The minimum Gasteiger partial charge on any atom is -0.452 e. The van der Waals surface area contributed by atoms with Gasteiger partial charge in [0.05, 0.1) is 11.3 Å². The maximum atomic E-state index is 12.1. The van der Waals surface area contributed by atoms with Crippen LogP contribution in [-0.4, -0.2) is 32.9 Å². The van der Waals surface area contributed by atoms with Crippen LogP contribution in [0.1, 0.15) is 18.9 Å². The van der Waals surface area contributed by atoms with E-state index in [1.807, 2.05) is 6.92 Å². The number of nitrogens with one attached hydrogen (secondary N) is 2. The Morgan fingerprint density at radius 1 is 1.07 bits per heavy atom. The zero-order chi connectivity index (χ0) is 20.7. The fourth-order valence-corrected chi connectivity index (χ4v) is 3.33. The number of rotatable bonds is 8. The lowest BCUT2D eigenvalue weighted by atomic mass is 10.2. The second kappa shape index (κ2) is 9.68. The quantitative estimate of drug-likeness (QED) is 0.634. The lowest BCUT2D eigenvalue weighted by molar-refractivity contribution is -0.152. The fraction of sp³-hybridized carbons (Fsp3) is 0.263. The number of sulfonamides is 1. The third-order valence-corrected chi connectivity index (χ3v) is 5.47. The smallest absolute Gasteiger partial charge is 0.307 e. The van der Waals surface area contributed by atoms with Crippen LogP contribution < -0.4 is 10.0 Å². The third kappa shape index (κ3) is 6.63. The molecule has 0 aliphatic rings. The fourth-order valence-electron chi connectivity index (χ4n) is 2.17. The number of carbonyl (C=O) groups is 2. The predicted molar refractivity (Wildman–Crippen MR) is 107 cm³/mol. The molecule has 2 rings (SSSR count). The predicted octanol–water partition coefficient (Wildman–Crippen LogP) is 2.89. The summed E-state index contributed by atoms with van der Waals surface area (Å²) in [7, 11) is -3.71. The van der Waals surface area contributed by atoms with Crippen molar-refractivity contribution >= 4 is 39.2 Å². The topological polar surface area (TPSA) is 102 Å². The number of aryl methyl sites for hydroxylation is 1. The van der Waals surface area contributed by atoms with Crippen molar-refractivity contribution in [1.82, 2.24) is 4.72 Å². The molecule has 7 nitrogen and oxygen atoms in total. The van der Waals surface area contributed by atoms with Gasteiger partial charge in [0.2, 0.25) is 10.0 Å². The summed E-state index contributed by atoms with van der Waals surface area (Å²) >= 11 is 5.78. The number of amides is 1. The van der Waals surface area contributed by atoms with Crippen LogP contribution in [0.5, 0.6) is 0 Å². The van der Waals surface area contributed by atoms with Crippen LogP contribution in [0.15, 0.2) is 53.4 Å². The van der Waals surface area contributed by atoms with Gasteiger partial charge in [0.1, 0.15) is 0 Å². The summed E-state index contributed by atoms with van der Waals surface area (Å²) in [6.07, 6.45) is -1.24. The number of halogens is 1. The molecule has 0 saturated heterocycles. The highest BCUT2D eigenvalue weighted by molar-refractivity contribution is 7.89. The maximum absolute atomic E-state index is 12.1. The molecular formula is C19H21ClN2O5S. The van der Waals surface area contributed by atoms with Crippen molar-refractivity contribution in [3.8, 4) is 0 Å². The summed E-state index contributed by atoms with van der Waals surface area (Å²) in [5.41, 5.74) is 1.46. The molecule has 0 aromatic heterocycles. The number of esters is 1. The lowest BCUT2D eigenvalue weighted by Gasteiger charge is -2.14. The second-order valence-electron chi connectivity index (χ2n) is 6.09. The van der Waals surface area contributed by atoms with Gasteiger partial charge in [-0.05, 0) is 50.2 Å². The van der Waals surface area contributed by atoms with Gasteiger partial charge in [-0.3, -0.25) is 9.59 Å². The van der Waals surface area contributed by atoms with Gasteiger partial charge in [0, 0.05) is 17.3 Å². The number of hydrogen-bond donors (Lipinski definition) is 2. The first-order valence-corrected chi connectivity index (χ1v) is 10.4. The molecule has 2 aromatic rings. The Morgan fingerprint density at radius 2 is 1.68 bits per heavy atom. The molecule has 0 heterocycles. The van der Waals surface area contributed by atoms with E-state index in [4.69, 9.17) is 16.3 Å². The molecule has 0 saturated carbocycles. The van der Waals surface area contributed by atoms with E-state index in [1.165, 1.54) is 19.1 Å². The molecule has 9 heteroatoms. The first kappa shape index (κ1) is 21.9. The Labute approximate surface area is 169 Å². The highest BCUT2D eigenvalue weighted by atomic mass is 35.5. The monoisotopic (exact) mass is 424 g/mol. The molecule has 28 heavy (non-hydrogen) atoms. The van der Waals surface area contributed by atoms with Crippen LogP contribution in [0.2, 0.25) is 5.02 Å². The van der Waals surface area contributed by atoms with Crippen molar-refractivity contribution in [2.24, 2.45) is 0 Å². The molecule has 150 valence electrons. The zero-order valence-corrected chi connectivity index (χ0v) is 17.0. The van der Waals surface area contributed by atoms with Crippen molar-refractivity contribution in [2.75, 3.05) is 11.9 Å². The maximum Gasteiger partial charge on any atom is 0.307 e. The van der Waals surface area contributed by atoms with Crippen molar-refractivity contribution in [3.05, 3.63) is 59.1 Å². The number of carbonyl (C=O) groups excluding carboxylic acids is 2. The molecule has 0 radical (unpaired) electrons. The zero-order valence-electron chi connectivity index (χ0n) is 15.4. The standard InChI is InChI=1S/C19H21ClN2O5S/c1-13-3-9-17(10-4-13)28(25,26)21-12-11-18(23)27-14(2)19(24)22-16-7-5-15(20)6-8-16/h3-10,14,21H,11-12H2,1-2H3,(H,22,24). The molecule has 0 spiro atoms. The molecule has 1 atom stereocenters. The lowest BCUT2D eigenvalue weighted by Crippen LogP contribution is -2.32. The van der Waals surface area contributed by atoms with Gasteiger partial charge in [-0.15, -0.1) is 0 Å². The van der Waals surface area contributed by atoms with Crippen LogP contribution >= 0.6 is 11.6 Å². The summed E-state index contributed by atoms with van der Waals surface area (Å²) in [6, 6.07) is 12.8. The molecule has 0 bridgehead atoms. The van der Waals surface area contributed by atoms with E-state index >= 15 is 0 Å². The van der Waals surface area contributed by atoms with E-state index in [1.54, 1.807) is 36.4 Å². The van der Waals surface area contributed by atoms with Crippen LogP contribution in [0.4, 0.5) is 5.69 Å². The third-order valence-electron chi connectivity index (χ3n) is 3.74. The Hall–Kier alpha value is -2.42. The summed E-state index contributed by atoms with van der Waals surface area (Å²) in [4.78, 5) is 24.0. The number of ether oxygens (including phenoxy) is 1. The van der Waals surface area contributed by atoms with E-state index in [9.17, 15) is 18.0 Å². The Balaban J connectivity index is 1.78. The van der Waals surface area contributed by atoms with Crippen molar-refractivity contribution in [3.63, 3.8) is 0 Å². The van der Waals surface area contributed by atoms with E-state index < -0.39 is 28.0 Å². The Morgan fingerprint density at radius 3 is 2.29 bits per heavy atom. The minimum atomic E-state index is -3.71. The van der Waals surface area contributed by atoms with Gasteiger partial charge in [0.15, 0.2) is 6.10 Å². The summed E-state index contributed by atoms with van der Waals surface area (Å²) in [5.74, 6) is -1.19. The normalized spacial score (nSPS) is 12.2. The molecule has 0 fully saturated rings. The average molecular weight is 425 g/mol. The summed E-state index contributed by atoms with van der Waals surface area (Å²) in [6.45, 7) is 3.14. The van der Waals surface area contributed by atoms with Crippen molar-refractivity contribution in [2.45, 2.75) is 31.3 Å². The summed E-state index contributed by atoms with van der Waals surface area (Å²) in [5, 5.41) is 3.13. The highest BCUT2D eigenvalue weighted by Gasteiger charge is 2.19.